The maximum absolute atomic E-state index is 13.1. The van der Waals surface area contributed by atoms with E-state index in [9.17, 15) is 14.7 Å². The molecule has 2 N–H and O–H groups in total. The Morgan fingerprint density at radius 3 is 2.74 bits per heavy atom. The molecule has 3 aromatic rings. The van der Waals surface area contributed by atoms with Gasteiger partial charge in [0.25, 0.3) is 11.7 Å². The summed E-state index contributed by atoms with van der Waals surface area (Å²) in [7, 11) is 0. The normalized spacial score (nSPS) is 17.2. The second-order valence-corrected chi connectivity index (χ2v) is 8.31. The molecule has 174 valence electrons. The third-order valence-corrected chi connectivity index (χ3v) is 5.87. The first kappa shape index (κ1) is 23.3. The van der Waals surface area contributed by atoms with Gasteiger partial charge < -0.3 is 14.7 Å². The van der Waals surface area contributed by atoms with E-state index in [2.05, 4.69) is 11.6 Å². The van der Waals surface area contributed by atoms with Crippen molar-refractivity contribution < 1.29 is 24.0 Å². The van der Waals surface area contributed by atoms with Gasteiger partial charge in [0.1, 0.15) is 30.5 Å². The van der Waals surface area contributed by atoms with Gasteiger partial charge in [-0.2, -0.15) is 0 Å². The van der Waals surface area contributed by atoms with E-state index in [0.717, 1.165) is 0 Å². The number of rotatable bonds is 9. The van der Waals surface area contributed by atoms with Crippen LogP contribution in [0.25, 0.3) is 5.76 Å². The van der Waals surface area contributed by atoms with Crippen molar-refractivity contribution in [1.29, 1.82) is 0 Å². The number of H-pyrrole nitrogens is 1. The van der Waals surface area contributed by atoms with Gasteiger partial charge in [0.05, 0.1) is 18.2 Å². The first-order chi connectivity index (χ1) is 16.5. The average Bonchev–Trinajstić information content (AvgIpc) is 3.45. The van der Waals surface area contributed by atoms with Gasteiger partial charge in [0, 0.05) is 23.6 Å². The molecule has 4 rings (SSSR count). The number of halogens is 1. The topological polar surface area (TPSA) is 86.5 Å². The fourth-order valence-electron chi connectivity index (χ4n) is 4.03. The minimum atomic E-state index is -0.751. The fraction of sp³-hybridized carbons (Fsp3) is 0.192. The first-order valence-corrected chi connectivity index (χ1v) is 11.3. The lowest BCUT2D eigenvalue weighted by Gasteiger charge is -2.25. The number of ether oxygens (including phenoxy) is 1. The second-order valence-electron chi connectivity index (χ2n) is 7.87. The fourth-order valence-corrected chi connectivity index (χ4v) is 4.16. The van der Waals surface area contributed by atoms with Gasteiger partial charge in [0.15, 0.2) is 0 Å². The van der Waals surface area contributed by atoms with Crippen molar-refractivity contribution in [2.75, 3.05) is 13.2 Å². The van der Waals surface area contributed by atoms with Crippen LogP contribution in [0.3, 0.4) is 0 Å². The highest BCUT2D eigenvalue weighted by molar-refractivity contribution is 6.46. The van der Waals surface area contributed by atoms with Gasteiger partial charge in [0.2, 0.25) is 6.33 Å². The second kappa shape index (κ2) is 10.4. The minimum absolute atomic E-state index is 0.0440. The molecule has 0 aliphatic carbocycles. The number of hydrogen-bond donors (Lipinski definition) is 2. The van der Waals surface area contributed by atoms with Gasteiger partial charge in [-0.1, -0.05) is 36.4 Å². The molecule has 2 aromatic carbocycles. The van der Waals surface area contributed by atoms with Crippen LogP contribution in [-0.2, 0) is 16.1 Å². The van der Waals surface area contributed by atoms with Crippen molar-refractivity contribution in [3.05, 3.63) is 102 Å². The van der Waals surface area contributed by atoms with Crippen LogP contribution >= 0.6 is 11.6 Å². The van der Waals surface area contributed by atoms with E-state index in [1.165, 1.54) is 4.90 Å². The number of Topliss-reactive ketones (excluding diaryl/α,β-unsaturated/α-hetero) is 1. The maximum Gasteiger partial charge on any atom is 0.295 e. The average molecular weight is 479 g/mol. The van der Waals surface area contributed by atoms with Crippen LogP contribution in [0.4, 0.5) is 0 Å². The molecule has 1 amide bonds. The molecule has 0 bridgehead atoms. The van der Waals surface area contributed by atoms with Crippen molar-refractivity contribution in [3.8, 4) is 5.75 Å². The van der Waals surface area contributed by atoms with Crippen LogP contribution < -0.4 is 9.30 Å². The third kappa shape index (κ3) is 4.89. The summed E-state index contributed by atoms with van der Waals surface area (Å²) in [4.78, 5) is 30.7. The summed E-state index contributed by atoms with van der Waals surface area (Å²) in [6.45, 7) is 4.98. The number of nitrogens with zero attached hydrogens (tertiary/aromatic N) is 2. The zero-order chi connectivity index (χ0) is 24.1. The van der Waals surface area contributed by atoms with Crippen molar-refractivity contribution in [2.45, 2.75) is 19.0 Å². The van der Waals surface area contributed by atoms with Crippen LogP contribution in [0, 0.1) is 0 Å². The molecule has 8 heteroatoms. The van der Waals surface area contributed by atoms with Crippen LogP contribution in [0.5, 0.6) is 5.75 Å². The van der Waals surface area contributed by atoms with E-state index >= 15 is 0 Å². The number of aliphatic hydroxyl groups excluding tert-OH is 1. The Morgan fingerprint density at radius 1 is 1.24 bits per heavy atom. The molecule has 1 saturated heterocycles. The number of aromatic amines is 1. The number of carbonyl (C=O) groups excluding carboxylic acids is 2. The Hall–Kier alpha value is -3.84. The SMILES string of the molecule is C=CCOc1cccc(C2/C(=C(\O)c3ccc(Cl)cc3)C(=O)C(=O)N2CCC[n+]2cc[nH]c2)c1. The van der Waals surface area contributed by atoms with Gasteiger partial charge >= 0.3 is 0 Å². The molecule has 1 atom stereocenters. The van der Waals surface area contributed by atoms with Crippen molar-refractivity contribution >= 4 is 29.1 Å². The number of carbonyl (C=O) groups is 2. The third-order valence-electron chi connectivity index (χ3n) is 5.62. The molecule has 34 heavy (non-hydrogen) atoms. The summed E-state index contributed by atoms with van der Waals surface area (Å²) >= 11 is 5.98. The standard InChI is InChI=1S/C26H24ClN3O4/c1-2-15-34-21-6-3-5-19(16-21)23-22(24(31)18-7-9-20(27)10-8-18)25(32)26(33)30(23)13-4-12-29-14-11-28-17-29/h2-3,5-11,14,16-17,23H,1,4,12-13,15H2,(H,31,32)/p+1. The Labute approximate surface area is 202 Å². The summed E-state index contributed by atoms with van der Waals surface area (Å²) < 4.78 is 7.62. The molecular formula is C26H25ClN3O4+. The molecule has 0 spiro atoms. The summed E-state index contributed by atoms with van der Waals surface area (Å²) in [5.74, 6) is -1.02. The van der Waals surface area contributed by atoms with Crippen LogP contribution in [0.1, 0.15) is 23.6 Å². The molecule has 2 heterocycles. The summed E-state index contributed by atoms with van der Waals surface area (Å²) in [6, 6.07) is 12.9. The molecule has 1 unspecified atom stereocenters. The Balaban J connectivity index is 1.73. The highest BCUT2D eigenvalue weighted by Gasteiger charge is 2.46. The summed E-state index contributed by atoms with van der Waals surface area (Å²) in [6.07, 6.45) is 7.80. The van der Waals surface area contributed by atoms with E-state index in [-0.39, 0.29) is 11.3 Å². The zero-order valence-electron chi connectivity index (χ0n) is 18.5. The van der Waals surface area contributed by atoms with Gasteiger partial charge in [-0.25, -0.2) is 4.57 Å². The number of hydrogen-bond acceptors (Lipinski definition) is 4. The van der Waals surface area contributed by atoms with Crippen LogP contribution in [0.2, 0.25) is 5.02 Å². The molecule has 0 radical (unpaired) electrons. The minimum Gasteiger partial charge on any atom is -0.507 e. The number of imidazole rings is 1. The number of likely N-dealkylation sites (tertiary alicyclic amines) is 1. The molecule has 0 saturated carbocycles. The number of aromatic nitrogens is 2. The Bertz CT molecular complexity index is 1220. The predicted molar refractivity (Wildman–Crippen MR) is 128 cm³/mol. The lowest BCUT2D eigenvalue weighted by atomic mass is 9.95. The highest BCUT2D eigenvalue weighted by Crippen LogP contribution is 2.40. The Kier molecular flexibility index (Phi) is 7.13. The lowest BCUT2D eigenvalue weighted by molar-refractivity contribution is -0.695. The van der Waals surface area contributed by atoms with E-state index in [4.69, 9.17) is 16.3 Å². The van der Waals surface area contributed by atoms with Gasteiger partial charge in [-0.05, 0) is 42.0 Å². The number of ketones is 1. The van der Waals surface area contributed by atoms with E-state index in [1.54, 1.807) is 48.5 Å². The van der Waals surface area contributed by atoms with Gasteiger partial charge in [-0.15, -0.1) is 0 Å². The molecule has 1 aromatic heterocycles. The molecule has 1 fully saturated rings. The van der Waals surface area contributed by atoms with Crippen molar-refractivity contribution in [2.24, 2.45) is 0 Å². The zero-order valence-corrected chi connectivity index (χ0v) is 19.2. The van der Waals surface area contributed by atoms with E-state index < -0.39 is 17.7 Å². The summed E-state index contributed by atoms with van der Waals surface area (Å²) in [5, 5.41) is 11.6. The van der Waals surface area contributed by atoms with E-state index in [1.807, 2.05) is 29.4 Å². The van der Waals surface area contributed by atoms with E-state index in [0.29, 0.717) is 48.0 Å². The van der Waals surface area contributed by atoms with Gasteiger partial charge in [-0.3, -0.25) is 14.6 Å². The number of aryl methyl sites for hydroxylation is 1. The molecule has 7 nitrogen and oxygen atoms in total. The smallest absolute Gasteiger partial charge is 0.295 e. The highest BCUT2D eigenvalue weighted by atomic mass is 35.5. The number of aliphatic hydroxyl groups is 1. The monoisotopic (exact) mass is 478 g/mol. The largest absolute Gasteiger partial charge is 0.507 e. The first-order valence-electron chi connectivity index (χ1n) is 10.9. The molecule has 1 aliphatic heterocycles. The quantitative estimate of drug-likeness (QED) is 0.160. The maximum atomic E-state index is 13.1. The summed E-state index contributed by atoms with van der Waals surface area (Å²) in [5.41, 5.74) is 1.13. The van der Waals surface area contributed by atoms with Crippen molar-refractivity contribution in [1.82, 2.24) is 9.88 Å². The Morgan fingerprint density at radius 2 is 2.03 bits per heavy atom. The molecule has 1 aliphatic rings. The number of nitrogens with one attached hydrogen (secondary N) is 1. The molecular weight excluding hydrogens is 454 g/mol. The van der Waals surface area contributed by atoms with Crippen LogP contribution in [0.15, 0.2) is 85.5 Å². The number of benzene rings is 2. The predicted octanol–water partition coefficient (Wildman–Crippen LogP) is 4.03. The lowest BCUT2D eigenvalue weighted by Crippen LogP contribution is -2.36. The van der Waals surface area contributed by atoms with Crippen molar-refractivity contribution in [3.63, 3.8) is 0 Å². The van der Waals surface area contributed by atoms with Crippen LogP contribution in [-0.4, -0.2) is 39.8 Å². The number of amides is 1.